The Hall–Kier alpha value is -3.41. The molecule has 0 bridgehead atoms. The summed E-state index contributed by atoms with van der Waals surface area (Å²) < 4.78 is 10.3. The molecule has 0 saturated carbocycles. The van der Waals surface area contributed by atoms with E-state index in [0.717, 1.165) is 18.1 Å². The van der Waals surface area contributed by atoms with Crippen molar-refractivity contribution in [1.29, 1.82) is 0 Å². The first-order valence-corrected chi connectivity index (χ1v) is 8.15. The lowest BCUT2D eigenvalue weighted by atomic mass is 10.1. The molecule has 0 saturated heterocycles. The number of benzene rings is 2. The van der Waals surface area contributed by atoms with Crippen LogP contribution in [0.25, 0.3) is 11.0 Å². The van der Waals surface area contributed by atoms with Gasteiger partial charge in [-0.3, -0.25) is 9.59 Å². The Balaban J connectivity index is 1.63. The van der Waals surface area contributed by atoms with Crippen molar-refractivity contribution in [3.05, 3.63) is 76.1 Å². The predicted molar refractivity (Wildman–Crippen MR) is 97.2 cm³/mol. The van der Waals surface area contributed by atoms with Crippen LogP contribution >= 0.6 is 0 Å². The summed E-state index contributed by atoms with van der Waals surface area (Å²) in [5.74, 6) is -1.59. The number of anilines is 1. The largest absolute Gasteiger partial charge is 0.450 e. The van der Waals surface area contributed by atoms with E-state index >= 15 is 0 Å². The minimum Gasteiger partial charge on any atom is -0.450 e. The maximum absolute atomic E-state index is 12.0. The molecule has 3 aromatic rings. The number of carbonyl (C=O) groups is 2. The van der Waals surface area contributed by atoms with Crippen molar-refractivity contribution in [1.82, 2.24) is 0 Å². The van der Waals surface area contributed by atoms with Gasteiger partial charge >= 0.3 is 5.97 Å². The van der Waals surface area contributed by atoms with Gasteiger partial charge in [0.2, 0.25) is 5.76 Å². The average molecular weight is 351 g/mol. The number of esters is 1. The van der Waals surface area contributed by atoms with Crippen molar-refractivity contribution < 1.29 is 18.7 Å². The molecule has 0 radical (unpaired) electrons. The van der Waals surface area contributed by atoms with Crippen molar-refractivity contribution in [3.63, 3.8) is 0 Å². The second kappa shape index (κ2) is 7.65. The van der Waals surface area contributed by atoms with E-state index in [2.05, 4.69) is 5.32 Å². The second-order valence-corrected chi connectivity index (χ2v) is 5.65. The summed E-state index contributed by atoms with van der Waals surface area (Å²) in [5, 5.41) is 3.01. The summed E-state index contributed by atoms with van der Waals surface area (Å²) in [4.78, 5) is 35.9. The van der Waals surface area contributed by atoms with E-state index in [4.69, 9.17) is 9.15 Å². The molecule has 6 nitrogen and oxygen atoms in total. The van der Waals surface area contributed by atoms with Crippen LogP contribution in [0.15, 0.2) is 63.8 Å². The van der Waals surface area contributed by atoms with E-state index in [1.165, 1.54) is 0 Å². The molecular weight excluding hydrogens is 334 g/mol. The average Bonchev–Trinajstić information content (AvgIpc) is 2.66. The third-order valence-corrected chi connectivity index (χ3v) is 3.82. The summed E-state index contributed by atoms with van der Waals surface area (Å²) in [6.07, 6.45) is 0.906. The van der Waals surface area contributed by atoms with Crippen LogP contribution in [0.5, 0.6) is 0 Å². The van der Waals surface area contributed by atoms with Crippen LogP contribution in [0, 0.1) is 0 Å². The molecule has 0 fully saturated rings. The molecule has 1 amide bonds. The van der Waals surface area contributed by atoms with Gasteiger partial charge in [0, 0.05) is 11.8 Å². The van der Waals surface area contributed by atoms with Crippen LogP contribution < -0.4 is 10.7 Å². The van der Waals surface area contributed by atoms with E-state index in [0.29, 0.717) is 11.1 Å². The lowest BCUT2D eigenvalue weighted by Crippen LogP contribution is -2.21. The molecule has 0 aliphatic carbocycles. The fraction of sp³-hybridized carbons (Fsp3) is 0.150. The molecule has 1 aromatic heterocycles. The Labute approximate surface area is 149 Å². The number of fused-ring (bicyclic) bond motifs is 1. The fourth-order valence-corrected chi connectivity index (χ4v) is 2.43. The molecule has 0 unspecified atom stereocenters. The number of amides is 1. The predicted octanol–water partition coefficient (Wildman–Crippen LogP) is 3.15. The highest BCUT2D eigenvalue weighted by Gasteiger charge is 2.15. The number of rotatable bonds is 5. The van der Waals surface area contributed by atoms with Crippen molar-refractivity contribution in [2.24, 2.45) is 0 Å². The van der Waals surface area contributed by atoms with E-state index in [1.807, 2.05) is 19.1 Å². The topological polar surface area (TPSA) is 85.6 Å². The monoisotopic (exact) mass is 351 g/mol. The molecule has 0 atom stereocenters. The highest BCUT2D eigenvalue weighted by atomic mass is 16.5. The minimum atomic E-state index is -0.871. The third kappa shape index (κ3) is 3.97. The van der Waals surface area contributed by atoms with Gasteiger partial charge in [-0.05, 0) is 36.2 Å². The van der Waals surface area contributed by atoms with Crippen molar-refractivity contribution in [2.75, 3.05) is 11.9 Å². The van der Waals surface area contributed by atoms with Crippen LogP contribution in [0.1, 0.15) is 23.0 Å². The van der Waals surface area contributed by atoms with Crippen LogP contribution in [-0.4, -0.2) is 18.5 Å². The Morgan fingerprint density at radius 2 is 1.81 bits per heavy atom. The number of hydrogen-bond donors (Lipinski definition) is 1. The van der Waals surface area contributed by atoms with Gasteiger partial charge in [0.05, 0.1) is 5.39 Å². The zero-order chi connectivity index (χ0) is 18.5. The first-order valence-electron chi connectivity index (χ1n) is 8.15. The fourth-order valence-electron chi connectivity index (χ4n) is 2.43. The molecule has 132 valence electrons. The van der Waals surface area contributed by atoms with Crippen molar-refractivity contribution in [2.45, 2.75) is 13.3 Å². The van der Waals surface area contributed by atoms with Crippen LogP contribution in [0.3, 0.4) is 0 Å². The van der Waals surface area contributed by atoms with Gasteiger partial charge in [0.25, 0.3) is 5.91 Å². The molecule has 26 heavy (non-hydrogen) atoms. The SMILES string of the molecule is CCc1ccc(NC(=O)COC(=O)c2cc(=O)c3ccccc3o2)cc1. The normalized spacial score (nSPS) is 10.5. The number of carbonyl (C=O) groups excluding carboxylic acids is 2. The summed E-state index contributed by atoms with van der Waals surface area (Å²) in [7, 11) is 0. The standard InChI is InChI=1S/C20H17NO5/c1-2-13-7-9-14(10-8-13)21-19(23)12-25-20(24)18-11-16(22)15-5-3-4-6-17(15)26-18/h3-11H,2,12H2,1H3,(H,21,23). The molecule has 1 N–H and O–H groups in total. The zero-order valence-corrected chi connectivity index (χ0v) is 14.2. The number of aryl methyl sites for hydroxylation is 1. The maximum Gasteiger partial charge on any atom is 0.374 e. The molecule has 6 heteroatoms. The van der Waals surface area contributed by atoms with Gasteiger partial charge in [-0.1, -0.05) is 31.2 Å². The summed E-state index contributed by atoms with van der Waals surface area (Å²) in [6, 6.07) is 15.0. The number of ether oxygens (including phenoxy) is 1. The summed E-state index contributed by atoms with van der Waals surface area (Å²) >= 11 is 0. The molecular formula is C20H17NO5. The van der Waals surface area contributed by atoms with Gasteiger partial charge in [-0.15, -0.1) is 0 Å². The van der Waals surface area contributed by atoms with Crippen molar-refractivity contribution >= 4 is 28.5 Å². The molecule has 1 heterocycles. The van der Waals surface area contributed by atoms with E-state index in [-0.39, 0.29) is 16.8 Å². The number of hydrogen-bond acceptors (Lipinski definition) is 5. The first kappa shape index (κ1) is 17.4. The highest BCUT2D eigenvalue weighted by molar-refractivity contribution is 5.95. The molecule has 0 aliphatic rings. The highest BCUT2D eigenvalue weighted by Crippen LogP contribution is 2.13. The van der Waals surface area contributed by atoms with Crippen LogP contribution in [0.2, 0.25) is 0 Å². The molecule has 0 spiro atoms. The number of para-hydroxylation sites is 1. The van der Waals surface area contributed by atoms with Gasteiger partial charge in [0.15, 0.2) is 12.0 Å². The Morgan fingerprint density at radius 3 is 2.54 bits per heavy atom. The maximum atomic E-state index is 12.0. The van der Waals surface area contributed by atoms with E-state index in [1.54, 1.807) is 36.4 Å². The van der Waals surface area contributed by atoms with Crippen LogP contribution in [0.4, 0.5) is 5.69 Å². The minimum absolute atomic E-state index is 0.242. The number of nitrogens with one attached hydrogen (secondary N) is 1. The van der Waals surface area contributed by atoms with E-state index in [9.17, 15) is 14.4 Å². The lowest BCUT2D eigenvalue weighted by Gasteiger charge is -2.07. The lowest BCUT2D eigenvalue weighted by molar-refractivity contribution is -0.119. The Morgan fingerprint density at radius 1 is 1.08 bits per heavy atom. The van der Waals surface area contributed by atoms with E-state index < -0.39 is 18.5 Å². The second-order valence-electron chi connectivity index (χ2n) is 5.65. The first-order chi connectivity index (χ1) is 12.6. The zero-order valence-electron chi connectivity index (χ0n) is 14.2. The third-order valence-electron chi connectivity index (χ3n) is 3.82. The van der Waals surface area contributed by atoms with Crippen LogP contribution in [-0.2, 0) is 16.0 Å². The molecule has 2 aromatic carbocycles. The summed E-state index contributed by atoms with van der Waals surface area (Å²) in [6.45, 7) is 1.56. The quantitative estimate of drug-likeness (QED) is 0.714. The Kier molecular flexibility index (Phi) is 5.12. The van der Waals surface area contributed by atoms with Crippen molar-refractivity contribution in [3.8, 4) is 0 Å². The van der Waals surface area contributed by atoms with Gasteiger partial charge in [-0.25, -0.2) is 4.79 Å². The summed E-state index contributed by atoms with van der Waals surface area (Å²) in [5.41, 5.74) is 1.70. The molecule has 0 aliphatic heterocycles. The van der Waals surface area contributed by atoms with Gasteiger partial charge < -0.3 is 14.5 Å². The van der Waals surface area contributed by atoms with Gasteiger partial charge in [0.1, 0.15) is 5.58 Å². The van der Waals surface area contributed by atoms with Gasteiger partial charge in [-0.2, -0.15) is 0 Å². The molecule has 3 rings (SSSR count). The Bertz CT molecular complexity index is 1000. The smallest absolute Gasteiger partial charge is 0.374 e.